The maximum Gasteiger partial charge on any atom is 0.134 e. The molecule has 0 saturated heterocycles. The molecule has 17 heavy (non-hydrogen) atoms. The van der Waals surface area contributed by atoms with E-state index < -0.39 is 0 Å². The number of rotatable bonds is 4. The molecule has 0 bridgehead atoms. The van der Waals surface area contributed by atoms with E-state index in [1.54, 1.807) is 6.20 Å². The lowest BCUT2D eigenvalue weighted by atomic mass is 10.2. The lowest BCUT2D eigenvalue weighted by molar-refractivity contribution is 0.473. The van der Waals surface area contributed by atoms with Crippen LogP contribution in [0, 0.1) is 6.92 Å². The molecule has 1 heterocycles. The summed E-state index contributed by atoms with van der Waals surface area (Å²) in [6.45, 7) is 2.79. The van der Waals surface area contributed by atoms with Crippen LogP contribution in [-0.4, -0.2) is 12.0 Å². The van der Waals surface area contributed by atoms with Gasteiger partial charge in [-0.15, -0.1) is 0 Å². The Morgan fingerprint density at radius 3 is 2.94 bits per heavy atom. The van der Waals surface area contributed by atoms with Gasteiger partial charge in [0.15, 0.2) is 0 Å². The van der Waals surface area contributed by atoms with Crippen molar-refractivity contribution in [2.45, 2.75) is 13.5 Å². The second-order valence-electron chi connectivity index (χ2n) is 3.93. The molecule has 0 fully saturated rings. The van der Waals surface area contributed by atoms with Gasteiger partial charge in [-0.05, 0) is 37.7 Å². The number of hydrogen-bond acceptors (Lipinski definition) is 3. The highest BCUT2D eigenvalue weighted by atomic mass is 16.5. The average molecular weight is 228 g/mol. The Bertz CT molecular complexity index is 497. The first kappa shape index (κ1) is 11.6. The predicted molar refractivity (Wildman–Crippen MR) is 68.3 cm³/mol. The van der Waals surface area contributed by atoms with Crippen LogP contribution in [0.4, 0.5) is 0 Å². The average Bonchev–Trinajstić information content (AvgIpc) is 2.32. The Hall–Kier alpha value is -1.87. The predicted octanol–water partition coefficient (Wildman–Crippen LogP) is 2.90. The second kappa shape index (κ2) is 5.46. The third kappa shape index (κ3) is 3.04. The first-order chi connectivity index (χ1) is 8.29. The van der Waals surface area contributed by atoms with Gasteiger partial charge in [0, 0.05) is 24.5 Å². The minimum absolute atomic E-state index is 0.745. The van der Waals surface area contributed by atoms with Crippen LogP contribution in [0.25, 0.3) is 0 Å². The van der Waals surface area contributed by atoms with Crippen molar-refractivity contribution in [3.8, 4) is 11.5 Å². The number of aromatic nitrogens is 1. The van der Waals surface area contributed by atoms with Gasteiger partial charge in [-0.2, -0.15) is 0 Å². The number of nitrogens with one attached hydrogen (secondary N) is 1. The Morgan fingerprint density at radius 2 is 2.18 bits per heavy atom. The molecule has 0 saturated carbocycles. The number of benzene rings is 1. The van der Waals surface area contributed by atoms with Gasteiger partial charge in [0.25, 0.3) is 0 Å². The first-order valence-electron chi connectivity index (χ1n) is 5.61. The van der Waals surface area contributed by atoms with E-state index in [2.05, 4.69) is 10.3 Å². The first-order valence-corrected chi connectivity index (χ1v) is 5.61. The molecule has 0 radical (unpaired) electrons. The van der Waals surface area contributed by atoms with Gasteiger partial charge in [-0.25, -0.2) is 0 Å². The number of hydrogen-bond donors (Lipinski definition) is 1. The van der Waals surface area contributed by atoms with Crippen LogP contribution in [0.1, 0.15) is 11.1 Å². The molecule has 0 amide bonds. The van der Waals surface area contributed by atoms with Crippen LogP contribution in [0.2, 0.25) is 0 Å². The van der Waals surface area contributed by atoms with Gasteiger partial charge in [-0.1, -0.05) is 12.1 Å². The molecular formula is C14H16N2O. The Kier molecular flexibility index (Phi) is 3.73. The molecule has 2 rings (SSSR count). The minimum atomic E-state index is 0.745. The molecule has 1 N–H and O–H groups in total. The third-order valence-corrected chi connectivity index (χ3v) is 2.44. The van der Waals surface area contributed by atoms with Gasteiger partial charge < -0.3 is 10.1 Å². The maximum atomic E-state index is 5.86. The van der Waals surface area contributed by atoms with Crippen LogP contribution in [0.3, 0.4) is 0 Å². The van der Waals surface area contributed by atoms with E-state index >= 15 is 0 Å². The fourth-order valence-electron chi connectivity index (χ4n) is 1.64. The van der Waals surface area contributed by atoms with Gasteiger partial charge >= 0.3 is 0 Å². The van der Waals surface area contributed by atoms with Gasteiger partial charge in [0.2, 0.25) is 0 Å². The molecule has 0 aliphatic rings. The van der Waals surface area contributed by atoms with E-state index in [0.29, 0.717) is 0 Å². The van der Waals surface area contributed by atoms with E-state index in [4.69, 9.17) is 4.74 Å². The van der Waals surface area contributed by atoms with E-state index in [-0.39, 0.29) is 0 Å². The lowest BCUT2D eigenvalue weighted by Crippen LogP contribution is -2.06. The van der Waals surface area contributed by atoms with Crippen molar-refractivity contribution in [2.75, 3.05) is 7.05 Å². The van der Waals surface area contributed by atoms with Crippen molar-refractivity contribution in [3.63, 3.8) is 0 Å². The van der Waals surface area contributed by atoms with Crippen LogP contribution in [0.5, 0.6) is 11.5 Å². The summed E-state index contributed by atoms with van der Waals surface area (Å²) in [5.74, 6) is 1.70. The van der Waals surface area contributed by atoms with Crippen molar-refractivity contribution in [3.05, 3.63) is 53.9 Å². The summed E-state index contributed by atoms with van der Waals surface area (Å²) in [7, 11) is 1.91. The number of ether oxygens (including phenoxy) is 1. The summed E-state index contributed by atoms with van der Waals surface area (Å²) in [5, 5.41) is 3.10. The zero-order valence-corrected chi connectivity index (χ0v) is 10.1. The molecule has 0 atom stereocenters. The van der Waals surface area contributed by atoms with Crippen molar-refractivity contribution in [2.24, 2.45) is 0 Å². The van der Waals surface area contributed by atoms with E-state index in [1.165, 1.54) is 5.56 Å². The molecule has 88 valence electrons. The minimum Gasteiger partial charge on any atom is -0.457 e. The zero-order valence-electron chi connectivity index (χ0n) is 10.1. The molecule has 0 aliphatic heterocycles. The fraction of sp³-hybridized carbons (Fsp3) is 0.214. The number of aryl methyl sites for hydroxylation is 1. The summed E-state index contributed by atoms with van der Waals surface area (Å²) in [5.41, 5.74) is 2.24. The highest BCUT2D eigenvalue weighted by molar-refractivity contribution is 5.37. The summed E-state index contributed by atoms with van der Waals surface area (Å²) in [6, 6.07) is 9.90. The normalized spacial score (nSPS) is 10.2. The van der Waals surface area contributed by atoms with Gasteiger partial charge in [0.05, 0.1) is 0 Å². The molecule has 3 heteroatoms. The third-order valence-electron chi connectivity index (χ3n) is 2.44. The molecule has 3 nitrogen and oxygen atoms in total. The standard InChI is InChI=1S/C14H16N2O/c1-11-4-3-5-13(8-11)17-14-6-7-16-10-12(14)9-15-2/h3-8,10,15H,9H2,1-2H3. The second-order valence-corrected chi connectivity index (χ2v) is 3.93. The largest absolute Gasteiger partial charge is 0.457 e. The highest BCUT2D eigenvalue weighted by Crippen LogP contribution is 2.24. The van der Waals surface area contributed by atoms with E-state index in [9.17, 15) is 0 Å². The molecule has 0 aliphatic carbocycles. The van der Waals surface area contributed by atoms with Crippen molar-refractivity contribution in [1.82, 2.24) is 10.3 Å². The monoisotopic (exact) mass is 228 g/mol. The molecule has 0 unspecified atom stereocenters. The zero-order chi connectivity index (χ0) is 12.1. The quantitative estimate of drug-likeness (QED) is 0.873. The highest BCUT2D eigenvalue weighted by Gasteiger charge is 2.04. The summed E-state index contributed by atoms with van der Waals surface area (Å²) >= 11 is 0. The van der Waals surface area contributed by atoms with Gasteiger partial charge in [-0.3, -0.25) is 4.98 Å². The Morgan fingerprint density at radius 1 is 1.29 bits per heavy atom. The number of pyridine rings is 1. The van der Waals surface area contributed by atoms with E-state index in [0.717, 1.165) is 23.6 Å². The molecular weight excluding hydrogens is 212 g/mol. The molecule has 2 aromatic rings. The van der Waals surface area contributed by atoms with Crippen LogP contribution in [-0.2, 0) is 6.54 Å². The van der Waals surface area contributed by atoms with Crippen molar-refractivity contribution >= 4 is 0 Å². The van der Waals surface area contributed by atoms with Crippen LogP contribution in [0.15, 0.2) is 42.7 Å². The smallest absolute Gasteiger partial charge is 0.134 e. The molecule has 0 spiro atoms. The van der Waals surface area contributed by atoms with E-state index in [1.807, 2.05) is 50.5 Å². The maximum absolute atomic E-state index is 5.86. The van der Waals surface area contributed by atoms with Crippen molar-refractivity contribution < 1.29 is 4.74 Å². The molecule has 1 aromatic heterocycles. The summed E-state index contributed by atoms with van der Waals surface area (Å²) in [4.78, 5) is 4.10. The SMILES string of the molecule is CNCc1cnccc1Oc1cccc(C)c1. The summed E-state index contributed by atoms with van der Waals surface area (Å²) < 4.78 is 5.86. The van der Waals surface area contributed by atoms with Crippen LogP contribution < -0.4 is 10.1 Å². The Balaban J connectivity index is 2.23. The van der Waals surface area contributed by atoms with Crippen molar-refractivity contribution in [1.29, 1.82) is 0 Å². The van der Waals surface area contributed by atoms with Gasteiger partial charge in [0.1, 0.15) is 11.5 Å². The van der Waals surface area contributed by atoms with Crippen LogP contribution >= 0.6 is 0 Å². The lowest BCUT2D eigenvalue weighted by Gasteiger charge is -2.10. The Labute approximate surface area is 101 Å². The fourth-order valence-corrected chi connectivity index (χ4v) is 1.64. The molecule has 1 aromatic carbocycles. The number of nitrogens with zero attached hydrogens (tertiary/aromatic N) is 1. The topological polar surface area (TPSA) is 34.2 Å². The summed E-state index contributed by atoms with van der Waals surface area (Å²) in [6.07, 6.45) is 3.56.